The van der Waals surface area contributed by atoms with E-state index in [9.17, 15) is 40.4 Å². The molecule has 43 heavy (non-hydrogen) atoms. The predicted octanol–water partition coefficient (Wildman–Crippen LogP) is 1.83. The third kappa shape index (κ3) is 13.4. The number of alkyl halides is 1. The molecule has 254 valence electrons. The number of rotatable bonds is 15. The molecule has 1 rings (SSSR count). The summed E-state index contributed by atoms with van der Waals surface area (Å²) in [5, 5.41) is 8.80. The molecule has 18 heteroatoms. The number of nitrogens with zero attached hydrogens (tertiary/aromatic N) is 1. The summed E-state index contributed by atoms with van der Waals surface area (Å²) in [4.78, 5) is 45.6. The van der Waals surface area contributed by atoms with E-state index in [1.54, 1.807) is 27.7 Å². The van der Waals surface area contributed by atoms with Crippen LogP contribution in [-0.2, 0) is 57.6 Å². The van der Waals surface area contributed by atoms with Crippen molar-refractivity contribution in [1.29, 1.82) is 0 Å². The highest BCUT2D eigenvalue weighted by molar-refractivity contribution is 7.85. The summed E-state index contributed by atoms with van der Waals surface area (Å²) in [6, 6.07) is -1.28. The second kappa shape index (κ2) is 17.8. The minimum Gasteiger partial charge on any atom is -0.481 e. The van der Waals surface area contributed by atoms with E-state index in [0.29, 0.717) is 4.31 Å². The van der Waals surface area contributed by atoms with Crippen LogP contribution in [0.2, 0.25) is 0 Å². The van der Waals surface area contributed by atoms with Crippen LogP contribution in [-0.4, -0.2) is 95.7 Å². The third-order valence-electron chi connectivity index (χ3n) is 6.21. The standard InChI is InChI=1S/C12H23NO7S.C12H21NO6S.CH3F/c1-6-19-11(16)12(4,5)7-20-21(17,18)13-9(3)8(2)10(14)15;1-6-18-11(15)12(4,5)7-19-20(16,17)13-9(3)8(2)10(13)14;1-2/h8-9,13H,6-7H2,1-5H3,(H,14,15);8-9H,6-7H2,1-5H3;1H3/t2*8-,9-;/m00./s1/i;;1D. The fourth-order valence-electron chi connectivity index (χ4n) is 2.89. The van der Waals surface area contributed by atoms with Crippen LogP contribution >= 0.6 is 0 Å². The van der Waals surface area contributed by atoms with Gasteiger partial charge in [0.05, 0.1) is 63.7 Å². The van der Waals surface area contributed by atoms with Gasteiger partial charge in [0, 0.05) is 6.04 Å². The van der Waals surface area contributed by atoms with Gasteiger partial charge in [0.15, 0.2) is 0 Å². The first-order valence-corrected chi connectivity index (χ1v) is 16.0. The van der Waals surface area contributed by atoms with Crippen molar-refractivity contribution in [3.05, 3.63) is 0 Å². The van der Waals surface area contributed by atoms with Gasteiger partial charge in [0.1, 0.15) is 0 Å². The van der Waals surface area contributed by atoms with Crippen molar-refractivity contribution in [2.24, 2.45) is 22.7 Å². The van der Waals surface area contributed by atoms with Crippen LogP contribution in [0.4, 0.5) is 4.39 Å². The van der Waals surface area contributed by atoms with Crippen molar-refractivity contribution in [2.75, 3.05) is 33.6 Å². The molecule has 0 aromatic heterocycles. The molecule has 1 heterocycles. The second-order valence-electron chi connectivity index (χ2n) is 10.8. The number of carbonyl (C=O) groups excluding carboxylic acids is 3. The van der Waals surface area contributed by atoms with Gasteiger partial charge in [-0.15, -0.1) is 0 Å². The van der Waals surface area contributed by atoms with Crippen molar-refractivity contribution >= 4 is 44.4 Å². The van der Waals surface area contributed by atoms with Crippen molar-refractivity contribution in [3.8, 4) is 0 Å². The molecule has 1 aliphatic rings. The molecule has 1 aliphatic heterocycles. The van der Waals surface area contributed by atoms with Gasteiger partial charge in [0.25, 0.3) is 0 Å². The van der Waals surface area contributed by atoms with Crippen molar-refractivity contribution in [3.63, 3.8) is 0 Å². The fourth-order valence-corrected chi connectivity index (χ4v) is 5.61. The highest BCUT2D eigenvalue weighted by atomic mass is 32.2. The number of β-lactam (4-membered cyclic amide) rings is 1. The van der Waals surface area contributed by atoms with Crippen LogP contribution in [0.15, 0.2) is 0 Å². The number of ether oxygens (including phenoxy) is 2. The molecule has 0 radical (unpaired) electrons. The zero-order chi connectivity index (χ0) is 35.3. The van der Waals surface area contributed by atoms with Gasteiger partial charge >= 0.3 is 38.5 Å². The molecule has 0 aliphatic carbocycles. The van der Waals surface area contributed by atoms with Gasteiger partial charge < -0.3 is 14.6 Å². The molecule has 15 nitrogen and oxygen atoms in total. The molecule has 1 fully saturated rings. The summed E-state index contributed by atoms with van der Waals surface area (Å²) in [6.07, 6.45) is 0. The van der Waals surface area contributed by atoms with Gasteiger partial charge in [0.2, 0.25) is 5.91 Å². The summed E-state index contributed by atoms with van der Waals surface area (Å²) in [7, 11) is -9.32. The van der Waals surface area contributed by atoms with Gasteiger partial charge in [-0.25, -0.2) is 4.31 Å². The average Bonchev–Trinajstić information content (AvgIpc) is 2.91. The van der Waals surface area contributed by atoms with Crippen LogP contribution in [0.5, 0.6) is 0 Å². The van der Waals surface area contributed by atoms with Gasteiger partial charge in [-0.3, -0.25) is 31.9 Å². The molecule has 0 bridgehead atoms. The number of carbonyl (C=O) groups is 4. The lowest BCUT2D eigenvalue weighted by Crippen LogP contribution is -2.61. The zero-order valence-electron chi connectivity index (χ0n) is 27.3. The van der Waals surface area contributed by atoms with Crippen molar-refractivity contribution < 1.29 is 64.7 Å². The van der Waals surface area contributed by atoms with E-state index in [1.807, 2.05) is 0 Å². The first-order chi connectivity index (χ1) is 19.9. The molecule has 0 aromatic rings. The van der Waals surface area contributed by atoms with Crippen LogP contribution in [0.25, 0.3) is 0 Å². The summed E-state index contributed by atoms with van der Waals surface area (Å²) in [5.41, 5.74) is -2.24. The number of amides is 1. The Morgan fingerprint density at radius 3 is 1.72 bits per heavy atom. The Balaban J connectivity index is 0. The van der Waals surface area contributed by atoms with Crippen LogP contribution in [0.3, 0.4) is 0 Å². The monoisotopic (exact) mass is 667 g/mol. The Hall–Kier alpha value is -2.41. The third-order valence-corrected chi connectivity index (χ3v) is 8.71. The molecule has 0 unspecified atom stereocenters. The van der Waals surface area contributed by atoms with E-state index in [2.05, 4.69) is 4.72 Å². The van der Waals surface area contributed by atoms with E-state index >= 15 is 0 Å². The first-order valence-electron chi connectivity index (χ1n) is 13.9. The smallest absolute Gasteiger partial charge is 0.364 e. The molecule has 0 aromatic carbocycles. The molecule has 1 saturated heterocycles. The Labute approximate surface area is 255 Å². The van der Waals surface area contributed by atoms with Crippen LogP contribution in [0, 0.1) is 22.7 Å². The largest absolute Gasteiger partial charge is 0.481 e. The Morgan fingerprint density at radius 2 is 1.37 bits per heavy atom. The maximum atomic E-state index is 11.9. The van der Waals surface area contributed by atoms with Crippen LogP contribution < -0.4 is 4.72 Å². The predicted molar refractivity (Wildman–Crippen MR) is 152 cm³/mol. The van der Waals surface area contributed by atoms with Gasteiger partial charge in [-0.05, 0) is 55.4 Å². The highest BCUT2D eigenvalue weighted by Crippen LogP contribution is 2.30. The lowest BCUT2D eigenvalue weighted by atomic mass is 9.95. The molecular weight excluding hydrogens is 619 g/mol. The zero-order valence-corrected chi connectivity index (χ0v) is 28.0. The summed E-state index contributed by atoms with van der Waals surface area (Å²) < 4.78 is 84.8. The lowest BCUT2D eigenvalue weighted by Gasteiger charge is -2.41. The van der Waals surface area contributed by atoms with Gasteiger partial charge in [-0.1, -0.05) is 13.8 Å². The Kier molecular flexibility index (Phi) is 16.8. The minimum absolute atomic E-state index is 0.181. The lowest BCUT2D eigenvalue weighted by molar-refractivity contribution is -0.156. The van der Waals surface area contributed by atoms with E-state index < -0.39 is 87.0 Å². The Morgan fingerprint density at radius 1 is 0.977 bits per heavy atom. The molecule has 0 saturated carbocycles. The van der Waals surface area contributed by atoms with Crippen molar-refractivity contribution in [2.45, 2.75) is 81.3 Å². The number of esters is 2. The van der Waals surface area contributed by atoms with Gasteiger partial charge in [-0.2, -0.15) is 21.6 Å². The Bertz CT molecular complexity index is 1180. The second-order valence-corrected chi connectivity index (χ2v) is 13.7. The van der Waals surface area contributed by atoms with E-state index in [0.717, 1.165) is 0 Å². The molecule has 1 amide bonds. The number of carboxylic acids is 1. The molecule has 4 atom stereocenters. The topological polar surface area (TPSA) is 209 Å². The highest BCUT2D eigenvalue weighted by Gasteiger charge is 2.49. The molecular formula is C25H47FN2O13S2. The summed E-state index contributed by atoms with van der Waals surface area (Å²) >= 11 is 0. The molecule has 2 N–H and O–H groups in total. The quantitative estimate of drug-likeness (QED) is 0.189. The number of carboxylic acid groups (broad SMARTS) is 1. The minimum atomic E-state index is -4.16. The maximum Gasteiger partial charge on any atom is 0.364 e. The molecule has 0 spiro atoms. The van der Waals surface area contributed by atoms with E-state index in [-0.39, 0.29) is 25.7 Å². The fraction of sp³-hybridized carbons (Fsp3) is 0.840. The number of halogens is 1. The normalized spacial score (nSPS) is 18.8. The SMILES string of the molecule is CCOC(=O)C(C)(C)COS(=O)(=O)N1C(=O)[C@@H](C)[C@@H]1C.CCOC(=O)C(C)(C)COS(=O)(=O)N[C@@H](C)[C@H](C)C(=O)O.[2H]CF. The number of hydrogen-bond donors (Lipinski definition) is 2. The average molecular weight is 668 g/mol. The van der Waals surface area contributed by atoms with Crippen molar-refractivity contribution in [1.82, 2.24) is 9.03 Å². The summed E-state index contributed by atoms with van der Waals surface area (Å²) in [5.74, 6) is -4.00. The number of hydrogen-bond acceptors (Lipinski definition) is 12. The number of nitrogens with one attached hydrogen (secondary N) is 1. The maximum absolute atomic E-state index is 11.9. The van der Waals surface area contributed by atoms with Crippen LogP contribution in [0.1, 0.15) is 70.6 Å². The van der Waals surface area contributed by atoms with E-state index in [1.165, 1.54) is 41.5 Å². The summed E-state index contributed by atoms with van der Waals surface area (Å²) in [6.45, 7) is 15.0. The number of aliphatic carboxylic acids is 1. The van der Waals surface area contributed by atoms with E-state index in [4.69, 9.17) is 24.3 Å². The first kappa shape index (κ1) is 40.6.